The Labute approximate surface area is 207 Å². The Balaban J connectivity index is 2.34. The molecule has 0 aromatic heterocycles. The number of amides is 3. The third-order valence-corrected chi connectivity index (χ3v) is 5.18. The Kier molecular flexibility index (Phi) is 10.3. The molecular weight excluding hydrogens is 446 g/mol. The zero-order valence-corrected chi connectivity index (χ0v) is 21.2. The van der Waals surface area contributed by atoms with Crippen molar-refractivity contribution < 1.29 is 24.2 Å². The minimum Gasteiger partial charge on any atom is -0.444 e. The Morgan fingerprint density at radius 2 is 1.66 bits per heavy atom. The van der Waals surface area contributed by atoms with Gasteiger partial charge in [0.05, 0.1) is 6.61 Å². The van der Waals surface area contributed by atoms with Crippen LogP contribution in [0.5, 0.6) is 0 Å². The zero-order chi connectivity index (χ0) is 26.0. The molecule has 2 aromatic rings. The third-order valence-electron chi connectivity index (χ3n) is 5.18. The Hall–Kier alpha value is -3.39. The summed E-state index contributed by atoms with van der Waals surface area (Å²) in [7, 11) is 0. The van der Waals surface area contributed by atoms with Gasteiger partial charge in [-0.1, -0.05) is 67.1 Å². The number of carbonyl (C=O) groups excluding carboxylic acids is 3. The number of hydrogen-bond acceptors (Lipinski definition) is 5. The molecule has 2 atom stereocenters. The first-order chi connectivity index (χ1) is 16.6. The minimum absolute atomic E-state index is 0.253. The summed E-state index contributed by atoms with van der Waals surface area (Å²) >= 11 is 0. The lowest BCUT2D eigenvalue weighted by molar-refractivity contribution is -0.143. The summed E-state index contributed by atoms with van der Waals surface area (Å²) in [4.78, 5) is 40.7. The standard InChI is InChI=1S/C27H37N3O5/c1-6-16-30(25(33)22(18-31)29-26(34)35-27(3,4)5)23(21-14-12-19(2)13-15-21)24(32)28-17-20-10-8-7-9-11-20/h7-15,22-23,31H,6,16-18H2,1-5H3,(H,28,32)(H,29,34). The van der Waals surface area contributed by atoms with Crippen molar-refractivity contribution in [3.05, 3.63) is 71.3 Å². The Morgan fingerprint density at radius 1 is 1.03 bits per heavy atom. The summed E-state index contributed by atoms with van der Waals surface area (Å²) in [5, 5.41) is 15.3. The van der Waals surface area contributed by atoms with E-state index >= 15 is 0 Å². The molecule has 0 aliphatic heterocycles. The first-order valence-corrected chi connectivity index (χ1v) is 11.8. The van der Waals surface area contributed by atoms with E-state index in [4.69, 9.17) is 4.74 Å². The van der Waals surface area contributed by atoms with Crippen LogP contribution in [0, 0.1) is 6.92 Å². The third kappa shape index (κ3) is 8.72. The van der Waals surface area contributed by atoms with Gasteiger partial charge in [0.25, 0.3) is 0 Å². The summed E-state index contributed by atoms with van der Waals surface area (Å²) < 4.78 is 5.24. The molecule has 8 nitrogen and oxygen atoms in total. The summed E-state index contributed by atoms with van der Waals surface area (Å²) in [5.74, 6) is -0.922. The maximum absolute atomic E-state index is 13.5. The van der Waals surface area contributed by atoms with Crippen LogP contribution in [0.2, 0.25) is 0 Å². The SMILES string of the molecule is CCCN(C(=O)C(CO)NC(=O)OC(C)(C)C)C(C(=O)NCc1ccccc1)c1ccc(C)cc1. The second kappa shape index (κ2) is 12.9. The number of rotatable bonds is 10. The van der Waals surface area contributed by atoms with E-state index in [1.807, 2.05) is 68.4 Å². The van der Waals surface area contributed by atoms with Crippen molar-refractivity contribution in [2.24, 2.45) is 0 Å². The van der Waals surface area contributed by atoms with E-state index in [9.17, 15) is 19.5 Å². The molecule has 0 aliphatic carbocycles. The minimum atomic E-state index is -1.26. The lowest BCUT2D eigenvalue weighted by Gasteiger charge is -2.34. The van der Waals surface area contributed by atoms with Gasteiger partial charge in [-0.2, -0.15) is 0 Å². The molecule has 0 heterocycles. The van der Waals surface area contributed by atoms with E-state index in [1.165, 1.54) is 4.90 Å². The van der Waals surface area contributed by atoms with E-state index in [0.29, 0.717) is 18.5 Å². The van der Waals surface area contributed by atoms with Crippen molar-refractivity contribution in [1.29, 1.82) is 0 Å². The summed E-state index contributed by atoms with van der Waals surface area (Å²) in [6.07, 6.45) is -0.244. The van der Waals surface area contributed by atoms with Gasteiger partial charge in [0.1, 0.15) is 17.7 Å². The monoisotopic (exact) mass is 483 g/mol. The van der Waals surface area contributed by atoms with Crippen LogP contribution < -0.4 is 10.6 Å². The second-order valence-electron chi connectivity index (χ2n) is 9.43. The highest BCUT2D eigenvalue weighted by atomic mass is 16.6. The average Bonchev–Trinajstić information content (AvgIpc) is 2.81. The van der Waals surface area contributed by atoms with Crippen molar-refractivity contribution in [2.45, 2.75) is 65.3 Å². The molecule has 190 valence electrons. The number of ether oxygens (including phenoxy) is 1. The van der Waals surface area contributed by atoms with Crippen LogP contribution in [0.1, 0.15) is 56.8 Å². The van der Waals surface area contributed by atoms with E-state index < -0.39 is 36.3 Å². The number of aliphatic hydroxyl groups is 1. The molecule has 0 bridgehead atoms. The number of aryl methyl sites for hydroxylation is 1. The molecule has 3 N–H and O–H groups in total. The van der Waals surface area contributed by atoms with E-state index in [2.05, 4.69) is 10.6 Å². The molecule has 0 saturated heterocycles. The van der Waals surface area contributed by atoms with Crippen molar-refractivity contribution >= 4 is 17.9 Å². The molecular formula is C27H37N3O5. The lowest BCUT2D eigenvalue weighted by Crippen LogP contribution is -2.54. The van der Waals surface area contributed by atoms with Gasteiger partial charge >= 0.3 is 6.09 Å². The number of aliphatic hydroxyl groups excluding tert-OH is 1. The number of alkyl carbamates (subject to hydrolysis) is 1. The quantitative estimate of drug-likeness (QED) is 0.480. The predicted octanol–water partition coefficient (Wildman–Crippen LogP) is 3.48. The van der Waals surface area contributed by atoms with Gasteiger partial charge in [0.2, 0.25) is 11.8 Å². The first-order valence-electron chi connectivity index (χ1n) is 11.8. The molecule has 8 heteroatoms. The van der Waals surface area contributed by atoms with Crippen LogP contribution in [-0.4, -0.2) is 52.7 Å². The summed E-state index contributed by atoms with van der Waals surface area (Å²) in [5.41, 5.74) is 1.82. The number of carbonyl (C=O) groups is 3. The molecule has 0 saturated carbocycles. The average molecular weight is 484 g/mol. The number of benzene rings is 2. The summed E-state index contributed by atoms with van der Waals surface area (Å²) in [6, 6.07) is 14.7. The van der Waals surface area contributed by atoms with Crippen molar-refractivity contribution in [1.82, 2.24) is 15.5 Å². The largest absolute Gasteiger partial charge is 0.444 e. The maximum atomic E-state index is 13.5. The second-order valence-corrected chi connectivity index (χ2v) is 9.43. The Bertz CT molecular complexity index is 971. The normalized spacial score (nSPS) is 12.9. The molecule has 0 spiro atoms. The van der Waals surface area contributed by atoms with Crippen molar-refractivity contribution in [3.63, 3.8) is 0 Å². The molecule has 35 heavy (non-hydrogen) atoms. The molecule has 2 aromatic carbocycles. The molecule has 2 rings (SSSR count). The van der Waals surface area contributed by atoms with Crippen LogP contribution in [-0.2, 0) is 20.9 Å². The fourth-order valence-electron chi connectivity index (χ4n) is 3.55. The molecule has 0 aliphatic rings. The molecule has 0 fully saturated rings. The molecule has 0 radical (unpaired) electrons. The van der Waals surface area contributed by atoms with Crippen LogP contribution in [0.4, 0.5) is 4.79 Å². The Morgan fingerprint density at radius 3 is 2.20 bits per heavy atom. The lowest BCUT2D eigenvalue weighted by atomic mass is 10.0. The van der Waals surface area contributed by atoms with E-state index in [1.54, 1.807) is 20.8 Å². The molecule has 2 unspecified atom stereocenters. The zero-order valence-electron chi connectivity index (χ0n) is 21.2. The van der Waals surface area contributed by atoms with E-state index in [-0.39, 0.29) is 12.5 Å². The van der Waals surface area contributed by atoms with Gasteiger partial charge < -0.3 is 25.4 Å². The van der Waals surface area contributed by atoms with Crippen molar-refractivity contribution in [3.8, 4) is 0 Å². The van der Waals surface area contributed by atoms with Crippen LogP contribution >= 0.6 is 0 Å². The van der Waals surface area contributed by atoms with Gasteiger partial charge in [-0.05, 0) is 45.2 Å². The van der Waals surface area contributed by atoms with Crippen LogP contribution in [0.3, 0.4) is 0 Å². The smallest absolute Gasteiger partial charge is 0.408 e. The highest BCUT2D eigenvalue weighted by Crippen LogP contribution is 2.24. The van der Waals surface area contributed by atoms with Gasteiger partial charge in [0.15, 0.2) is 0 Å². The predicted molar refractivity (Wildman–Crippen MR) is 134 cm³/mol. The molecule has 3 amide bonds. The first kappa shape index (κ1) is 27.9. The fourth-order valence-corrected chi connectivity index (χ4v) is 3.55. The van der Waals surface area contributed by atoms with Crippen LogP contribution in [0.15, 0.2) is 54.6 Å². The van der Waals surface area contributed by atoms with Crippen molar-refractivity contribution in [2.75, 3.05) is 13.2 Å². The highest BCUT2D eigenvalue weighted by molar-refractivity contribution is 5.92. The number of nitrogens with one attached hydrogen (secondary N) is 2. The highest BCUT2D eigenvalue weighted by Gasteiger charge is 2.35. The fraction of sp³-hybridized carbons (Fsp3) is 0.444. The number of nitrogens with zero attached hydrogens (tertiary/aromatic N) is 1. The van der Waals surface area contributed by atoms with Crippen LogP contribution in [0.25, 0.3) is 0 Å². The van der Waals surface area contributed by atoms with Gasteiger partial charge in [-0.3, -0.25) is 9.59 Å². The number of hydrogen-bond donors (Lipinski definition) is 3. The topological polar surface area (TPSA) is 108 Å². The summed E-state index contributed by atoms with van der Waals surface area (Å²) in [6.45, 7) is 8.87. The van der Waals surface area contributed by atoms with E-state index in [0.717, 1.165) is 11.1 Å². The maximum Gasteiger partial charge on any atom is 0.408 e. The van der Waals surface area contributed by atoms with Gasteiger partial charge in [-0.15, -0.1) is 0 Å². The van der Waals surface area contributed by atoms with Gasteiger partial charge in [-0.25, -0.2) is 4.79 Å². The van der Waals surface area contributed by atoms with Gasteiger partial charge in [0, 0.05) is 13.1 Å².